The number of halogens is 1. The molecule has 8 rings (SSSR count). The standard InChI is InChI=1S/C39H51ClN6O3/c1-36(2,3)49-35(48)43-14-12-39(13-15-43)28-11-8-24(29-19-30-32(33(40)42-29)45(23-41-30)25-9-10-25)16-31(28)46(34(39)47)27-17-26(18-27)44-21-37(4,5)20-38(6,7)22-44/h8,11,16,19,23,25-27H,9-10,12-15,17-18,20-22H2,1-7H3. The molecule has 2 aliphatic carbocycles. The van der Waals surface area contributed by atoms with Gasteiger partial charge >= 0.3 is 6.09 Å². The Labute approximate surface area is 295 Å². The Balaban J connectivity index is 1.11. The van der Waals surface area contributed by atoms with Crippen LogP contribution in [0.5, 0.6) is 0 Å². The van der Waals surface area contributed by atoms with E-state index < -0.39 is 11.0 Å². The fraction of sp³-hybridized carbons (Fsp3) is 0.641. The SMILES string of the molecule is CC1(C)CN(C2CC(N3C(=O)C4(CCN(C(=O)OC(C)(C)C)CC4)c4ccc(-c5cc6ncn(C7CC7)c6c(Cl)n5)cc43)C2)CC(C)(C)C1. The Bertz CT molecular complexity index is 1810. The Kier molecular flexibility index (Phi) is 7.52. The Morgan fingerprint density at radius 3 is 2.27 bits per heavy atom. The van der Waals surface area contributed by atoms with Crippen LogP contribution in [0.1, 0.15) is 105 Å². The number of amides is 2. The molecule has 1 spiro atoms. The number of likely N-dealkylation sites (tertiary alicyclic amines) is 2. The number of ether oxygens (including phenoxy) is 1. The lowest BCUT2D eigenvalue weighted by molar-refractivity contribution is -0.126. The predicted molar refractivity (Wildman–Crippen MR) is 193 cm³/mol. The molecule has 0 N–H and O–H groups in total. The van der Waals surface area contributed by atoms with Gasteiger partial charge in [0.15, 0.2) is 5.15 Å². The van der Waals surface area contributed by atoms with Crippen molar-refractivity contribution >= 4 is 40.3 Å². The van der Waals surface area contributed by atoms with E-state index in [1.165, 1.54) is 6.42 Å². The first-order valence-electron chi connectivity index (χ1n) is 18.3. The second-order valence-electron chi connectivity index (χ2n) is 18.2. The third-order valence-corrected chi connectivity index (χ3v) is 11.9. The van der Waals surface area contributed by atoms with Gasteiger partial charge in [-0.05, 0) is 94.2 Å². The summed E-state index contributed by atoms with van der Waals surface area (Å²) in [6.07, 6.45) is 8.18. The number of hydrogen-bond donors (Lipinski definition) is 0. The quantitative estimate of drug-likeness (QED) is 0.259. The topological polar surface area (TPSA) is 83.8 Å². The summed E-state index contributed by atoms with van der Waals surface area (Å²) >= 11 is 6.82. The molecule has 262 valence electrons. The highest BCUT2D eigenvalue weighted by molar-refractivity contribution is 6.34. The maximum Gasteiger partial charge on any atom is 0.410 e. The number of fused-ring (bicyclic) bond motifs is 3. The Morgan fingerprint density at radius 1 is 0.959 bits per heavy atom. The minimum atomic E-state index is -0.662. The average Bonchev–Trinajstić information content (AvgIpc) is 3.69. The molecule has 2 saturated carbocycles. The van der Waals surface area contributed by atoms with Crippen LogP contribution in [0.2, 0.25) is 5.15 Å². The number of pyridine rings is 1. The highest BCUT2D eigenvalue weighted by atomic mass is 35.5. The predicted octanol–water partition coefficient (Wildman–Crippen LogP) is 7.99. The van der Waals surface area contributed by atoms with Crippen molar-refractivity contribution < 1.29 is 14.3 Å². The molecule has 3 aliphatic heterocycles. The molecule has 10 heteroatoms. The van der Waals surface area contributed by atoms with Gasteiger partial charge < -0.3 is 19.1 Å². The number of carbonyl (C=O) groups is 2. The molecule has 0 unspecified atom stereocenters. The molecule has 49 heavy (non-hydrogen) atoms. The van der Waals surface area contributed by atoms with E-state index in [4.69, 9.17) is 21.3 Å². The summed E-state index contributed by atoms with van der Waals surface area (Å²) in [5, 5.41) is 0.463. The van der Waals surface area contributed by atoms with Crippen LogP contribution in [-0.4, -0.2) is 80.2 Å². The maximum atomic E-state index is 14.8. The lowest BCUT2D eigenvalue weighted by atomic mass is 9.69. The molecule has 2 saturated heterocycles. The second-order valence-corrected chi connectivity index (χ2v) is 18.6. The van der Waals surface area contributed by atoms with Gasteiger partial charge in [-0.1, -0.05) is 51.4 Å². The minimum Gasteiger partial charge on any atom is -0.444 e. The van der Waals surface area contributed by atoms with Crippen LogP contribution in [0.4, 0.5) is 10.5 Å². The zero-order valence-corrected chi connectivity index (χ0v) is 30.9. The fourth-order valence-electron chi connectivity index (χ4n) is 9.67. The summed E-state index contributed by atoms with van der Waals surface area (Å²) in [5.41, 5.74) is 4.80. The van der Waals surface area contributed by atoms with Crippen molar-refractivity contribution in [3.63, 3.8) is 0 Å². The molecular formula is C39H51ClN6O3. The van der Waals surface area contributed by atoms with Crippen molar-refractivity contribution in [2.24, 2.45) is 10.8 Å². The highest BCUT2D eigenvalue weighted by Crippen LogP contribution is 2.53. The van der Waals surface area contributed by atoms with Gasteiger partial charge in [-0.25, -0.2) is 14.8 Å². The van der Waals surface area contributed by atoms with Crippen LogP contribution in [0.15, 0.2) is 30.6 Å². The first kappa shape index (κ1) is 33.0. The van der Waals surface area contributed by atoms with Gasteiger partial charge in [-0.3, -0.25) is 9.69 Å². The first-order chi connectivity index (χ1) is 23.0. The van der Waals surface area contributed by atoms with E-state index in [0.717, 1.165) is 72.3 Å². The molecule has 3 aromatic rings. The number of piperidine rings is 2. The van der Waals surface area contributed by atoms with E-state index in [9.17, 15) is 9.59 Å². The number of hydrogen-bond acceptors (Lipinski definition) is 6. The molecule has 5 aliphatic rings. The third kappa shape index (κ3) is 5.82. The summed E-state index contributed by atoms with van der Waals surface area (Å²) in [6.45, 7) is 18.4. The number of imidazole rings is 1. The molecule has 0 atom stereocenters. The molecular weight excluding hydrogens is 636 g/mol. The summed E-state index contributed by atoms with van der Waals surface area (Å²) < 4.78 is 7.85. The van der Waals surface area contributed by atoms with Gasteiger partial charge in [0.1, 0.15) is 11.1 Å². The van der Waals surface area contributed by atoms with Crippen molar-refractivity contribution in [3.05, 3.63) is 41.3 Å². The van der Waals surface area contributed by atoms with Gasteiger partial charge in [0.2, 0.25) is 5.91 Å². The molecule has 5 heterocycles. The van der Waals surface area contributed by atoms with Crippen LogP contribution in [0.25, 0.3) is 22.3 Å². The van der Waals surface area contributed by atoms with Gasteiger partial charge in [0, 0.05) is 55.6 Å². The van der Waals surface area contributed by atoms with Gasteiger partial charge in [-0.15, -0.1) is 0 Å². The fourth-order valence-corrected chi connectivity index (χ4v) is 9.96. The summed E-state index contributed by atoms with van der Waals surface area (Å²) in [4.78, 5) is 44.0. The van der Waals surface area contributed by atoms with Crippen molar-refractivity contribution in [3.8, 4) is 11.3 Å². The number of rotatable bonds is 4. The summed E-state index contributed by atoms with van der Waals surface area (Å²) in [7, 11) is 0. The maximum absolute atomic E-state index is 14.8. The molecule has 0 bridgehead atoms. The smallest absolute Gasteiger partial charge is 0.410 e. The van der Waals surface area contributed by atoms with Gasteiger partial charge in [0.05, 0.1) is 23.0 Å². The van der Waals surface area contributed by atoms with Crippen LogP contribution < -0.4 is 4.90 Å². The lowest BCUT2D eigenvalue weighted by Crippen LogP contribution is -2.61. The molecule has 2 amide bonds. The Hall–Kier alpha value is -3.17. The normalized spacial score (nSPS) is 26.2. The van der Waals surface area contributed by atoms with E-state index in [2.05, 4.69) is 65.2 Å². The number of nitrogens with zero attached hydrogens (tertiary/aromatic N) is 6. The van der Waals surface area contributed by atoms with Crippen LogP contribution >= 0.6 is 11.6 Å². The van der Waals surface area contributed by atoms with Crippen molar-refractivity contribution in [1.29, 1.82) is 0 Å². The number of aromatic nitrogens is 3. The lowest BCUT2D eigenvalue weighted by Gasteiger charge is -2.54. The van der Waals surface area contributed by atoms with Crippen molar-refractivity contribution in [2.75, 3.05) is 31.1 Å². The first-order valence-corrected chi connectivity index (χ1v) is 18.6. The molecule has 1 aromatic carbocycles. The van der Waals surface area contributed by atoms with E-state index in [-0.39, 0.29) is 28.9 Å². The van der Waals surface area contributed by atoms with Crippen LogP contribution in [-0.2, 0) is 14.9 Å². The zero-order valence-electron chi connectivity index (χ0n) is 30.2. The third-order valence-electron chi connectivity index (χ3n) is 11.6. The molecule has 4 fully saturated rings. The van der Waals surface area contributed by atoms with E-state index >= 15 is 0 Å². The second kappa shape index (κ2) is 11.2. The largest absolute Gasteiger partial charge is 0.444 e. The van der Waals surface area contributed by atoms with Gasteiger partial charge in [-0.2, -0.15) is 0 Å². The van der Waals surface area contributed by atoms with Crippen LogP contribution in [0.3, 0.4) is 0 Å². The molecule has 2 aromatic heterocycles. The minimum absolute atomic E-state index is 0.135. The summed E-state index contributed by atoms with van der Waals surface area (Å²) in [5.74, 6) is 0.177. The Morgan fingerprint density at radius 2 is 1.63 bits per heavy atom. The van der Waals surface area contributed by atoms with Gasteiger partial charge in [0.25, 0.3) is 0 Å². The molecule has 0 radical (unpaired) electrons. The average molecular weight is 687 g/mol. The summed E-state index contributed by atoms with van der Waals surface area (Å²) in [6, 6.07) is 9.47. The molecule has 9 nitrogen and oxygen atoms in total. The van der Waals surface area contributed by atoms with Crippen LogP contribution in [0, 0.1) is 10.8 Å². The number of anilines is 1. The zero-order chi connectivity index (χ0) is 34.7. The number of benzene rings is 1. The van der Waals surface area contributed by atoms with Crippen molar-refractivity contribution in [1.82, 2.24) is 24.3 Å². The number of carbonyl (C=O) groups excluding carboxylic acids is 2. The monoisotopic (exact) mass is 686 g/mol. The highest BCUT2D eigenvalue weighted by Gasteiger charge is 2.56. The van der Waals surface area contributed by atoms with E-state index in [1.807, 2.05) is 33.2 Å². The van der Waals surface area contributed by atoms with E-state index in [0.29, 0.717) is 43.2 Å². The van der Waals surface area contributed by atoms with Crippen molar-refractivity contribution in [2.45, 2.75) is 123 Å². The van der Waals surface area contributed by atoms with E-state index in [1.54, 1.807) is 4.90 Å².